The quantitative estimate of drug-likeness (QED) is 0.830. The molecule has 5 nitrogen and oxygen atoms in total. The van der Waals surface area contributed by atoms with Gasteiger partial charge in [0.2, 0.25) is 0 Å². The van der Waals surface area contributed by atoms with Crippen molar-refractivity contribution in [3.05, 3.63) is 58.9 Å². The number of aryl methyl sites for hydroxylation is 1. The van der Waals surface area contributed by atoms with Crippen LogP contribution in [0.25, 0.3) is 4.85 Å². The summed E-state index contributed by atoms with van der Waals surface area (Å²) in [6.07, 6.45) is 0.810. The molecule has 0 saturated heterocycles. The molecule has 0 saturated carbocycles. The van der Waals surface area contributed by atoms with Crippen molar-refractivity contribution in [1.29, 1.82) is 0 Å². The van der Waals surface area contributed by atoms with Crippen LogP contribution in [0.15, 0.2) is 36.4 Å². The first-order chi connectivity index (χ1) is 11.6. The lowest BCUT2D eigenvalue weighted by Gasteiger charge is -2.25. The molecule has 0 fully saturated rings. The van der Waals surface area contributed by atoms with Crippen LogP contribution in [0.4, 0.5) is 5.69 Å². The van der Waals surface area contributed by atoms with Crippen molar-refractivity contribution in [1.82, 2.24) is 0 Å². The summed E-state index contributed by atoms with van der Waals surface area (Å²) < 4.78 is 11.6. The number of carboxylic acid groups (broad SMARTS) is 1. The summed E-state index contributed by atoms with van der Waals surface area (Å²) in [7, 11) is 0. The van der Waals surface area contributed by atoms with E-state index >= 15 is 0 Å². The minimum atomic E-state index is -0.802. The highest BCUT2D eigenvalue weighted by atomic mass is 16.5. The van der Waals surface area contributed by atoms with Crippen molar-refractivity contribution >= 4 is 11.7 Å². The average molecular weight is 323 g/mol. The van der Waals surface area contributed by atoms with Gasteiger partial charge < -0.3 is 14.6 Å². The molecule has 0 amide bonds. The fraction of sp³-hybridized carbons (Fsp3) is 0.263. The number of carboxylic acids is 1. The van der Waals surface area contributed by atoms with E-state index in [1.165, 1.54) is 0 Å². The van der Waals surface area contributed by atoms with Crippen LogP contribution in [0.3, 0.4) is 0 Å². The Morgan fingerprint density at radius 2 is 2.21 bits per heavy atom. The predicted molar refractivity (Wildman–Crippen MR) is 89.1 cm³/mol. The zero-order valence-electron chi connectivity index (χ0n) is 13.3. The monoisotopic (exact) mass is 323 g/mol. The van der Waals surface area contributed by atoms with Gasteiger partial charge in [-0.25, -0.2) is 4.85 Å². The molecule has 1 atom stereocenters. The average Bonchev–Trinajstić information content (AvgIpc) is 2.56. The third-order valence-electron chi connectivity index (χ3n) is 4.09. The Morgan fingerprint density at radius 1 is 1.38 bits per heavy atom. The molecular weight excluding hydrogens is 306 g/mol. The molecular formula is C19H17NO4. The Morgan fingerprint density at radius 3 is 2.92 bits per heavy atom. The van der Waals surface area contributed by atoms with E-state index in [2.05, 4.69) is 4.85 Å². The summed E-state index contributed by atoms with van der Waals surface area (Å²) in [6, 6.07) is 10.8. The van der Waals surface area contributed by atoms with Gasteiger partial charge in [0.1, 0.15) is 17.2 Å². The highest BCUT2D eigenvalue weighted by molar-refractivity contribution is 5.68. The molecule has 5 heteroatoms. The number of carbonyl (C=O) groups is 1. The van der Waals surface area contributed by atoms with E-state index in [0.717, 1.165) is 11.1 Å². The van der Waals surface area contributed by atoms with Gasteiger partial charge >= 0.3 is 5.97 Å². The molecule has 2 aromatic carbocycles. The van der Waals surface area contributed by atoms with Gasteiger partial charge in [0.25, 0.3) is 0 Å². The maximum Gasteiger partial charge on any atom is 0.303 e. The fourth-order valence-electron chi connectivity index (χ4n) is 2.87. The van der Waals surface area contributed by atoms with E-state index < -0.39 is 5.97 Å². The lowest BCUT2D eigenvalue weighted by molar-refractivity contribution is -0.137. The third kappa shape index (κ3) is 3.33. The van der Waals surface area contributed by atoms with Crippen LogP contribution >= 0.6 is 0 Å². The van der Waals surface area contributed by atoms with E-state index in [9.17, 15) is 4.79 Å². The van der Waals surface area contributed by atoms with Crippen LogP contribution in [0.5, 0.6) is 17.2 Å². The SMILES string of the molecule is [C-]#[N+]c1ccc(Oc2ccc3c(c2)OCC[C@H]3CC(=O)O)c(C)c1. The molecule has 24 heavy (non-hydrogen) atoms. The van der Waals surface area contributed by atoms with Crippen molar-refractivity contribution in [2.75, 3.05) is 6.61 Å². The van der Waals surface area contributed by atoms with Gasteiger partial charge in [-0.1, -0.05) is 12.1 Å². The molecule has 0 bridgehead atoms. The van der Waals surface area contributed by atoms with E-state index in [-0.39, 0.29) is 12.3 Å². The molecule has 2 aromatic rings. The normalized spacial score (nSPS) is 15.8. The number of fused-ring (bicyclic) bond motifs is 1. The standard InChI is InChI=1S/C19H17NO4/c1-12-9-14(20-2)3-6-17(12)24-15-4-5-16-13(10-19(21)22)7-8-23-18(16)11-15/h3-6,9,11,13H,7-8,10H2,1H3,(H,21,22)/t13-/m0/s1. The van der Waals surface area contributed by atoms with Crippen LogP contribution < -0.4 is 9.47 Å². The summed E-state index contributed by atoms with van der Waals surface area (Å²) in [5, 5.41) is 9.03. The van der Waals surface area contributed by atoms with Crippen molar-refractivity contribution in [2.24, 2.45) is 0 Å². The van der Waals surface area contributed by atoms with Crippen LogP contribution in [0.1, 0.15) is 29.9 Å². The van der Waals surface area contributed by atoms with E-state index in [0.29, 0.717) is 36.0 Å². The number of rotatable bonds is 4. The third-order valence-corrected chi connectivity index (χ3v) is 4.09. The van der Waals surface area contributed by atoms with Crippen LogP contribution in [-0.2, 0) is 4.79 Å². The Hall–Kier alpha value is -3.00. The van der Waals surface area contributed by atoms with Gasteiger partial charge in [0.05, 0.1) is 19.6 Å². The fourth-order valence-corrected chi connectivity index (χ4v) is 2.87. The maximum absolute atomic E-state index is 11.0. The Bertz CT molecular complexity index is 823. The first-order valence-corrected chi connectivity index (χ1v) is 7.71. The molecule has 0 aliphatic carbocycles. The Labute approximate surface area is 140 Å². The topological polar surface area (TPSA) is 60.1 Å². The minimum absolute atomic E-state index is 0.0278. The first kappa shape index (κ1) is 15.9. The molecule has 0 aromatic heterocycles. The maximum atomic E-state index is 11.0. The minimum Gasteiger partial charge on any atom is -0.493 e. The second-order valence-electron chi connectivity index (χ2n) is 5.80. The smallest absolute Gasteiger partial charge is 0.303 e. The molecule has 1 heterocycles. The molecule has 0 radical (unpaired) electrons. The molecule has 3 rings (SSSR count). The second-order valence-corrected chi connectivity index (χ2v) is 5.80. The molecule has 1 aliphatic rings. The number of hydrogen-bond donors (Lipinski definition) is 1. The van der Waals surface area contributed by atoms with E-state index in [1.54, 1.807) is 24.3 Å². The predicted octanol–water partition coefficient (Wildman–Crippen LogP) is 4.68. The van der Waals surface area contributed by atoms with E-state index in [1.807, 2.05) is 19.1 Å². The van der Waals surface area contributed by atoms with Gasteiger partial charge in [0, 0.05) is 12.0 Å². The largest absolute Gasteiger partial charge is 0.493 e. The zero-order valence-corrected chi connectivity index (χ0v) is 13.3. The molecule has 0 unspecified atom stereocenters. The summed E-state index contributed by atoms with van der Waals surface area (Å²) >= 11 is 0. The zero-order chi connectivity index (χ0) is 17.1. The molecule has 122 valence electrons. The highest BCUT2D eigenvalue weighted by Gasteiger charge is 2.24. The second kappa shape index (κ2) is 6.63. The van der Waals surface area contributed by atoms with Crippen molar-refractivity contribution in [2.45, 2.75) is 25.7 Å². The molecule has 1 N–H and O–H groups in total. The van der Waals surface area contributed by atoms with Gasteiger partial charge in [0.15, 0.2) is 5.69 Å². The first-order valence-electron chi connectivity index (χ1n) is 7.71. The number of nitrogens with zero attached hydrogens (tertiary/aromatic N) is 1. The number of aliphatic carboxylic acids is 1. The number of hydrogen-bond acceptors (Lipinski definition) is 3. The summed E-state index contributed by atoms with van der Waals surface area (Å²) in [5.74, 6) is 1.16. The van der Waals surface area contributed by atoms with Crippen LogP contribution in [-0.4, -0.2) is 17.7 Å². The van der Waals surface area contributed by atoms with Crippen molar-refractivity contribution in [3.8, 4) is 17.2 Å². The lowest BCUT2D eigenvalue weighted by Crippen LogP contribution is -2.16. The van der Waals surface area contributed by atoms with Crippen LogP contribution in [0, 0.1) is 13.5 Å². The highest BCUT2D eigenvalue weighted by Crippen LogP contribution is 2.39. The Balaban J connectivity index is 1.84. The van der Waals surface area contributed by atoms with Crippen LogP contribution in [0.2, 0.25) is 0 Å². The summed E-state index contributed by atoms with van der Waals surface area (Å²) in [4.78, 5) is 14.4. The van der Waals surface area contributed by atoms with Crippen molar-refractivity contribution < 1.29 is 19.4 Å². The van der Waals surface area contributed by atoms with Gasteiger partial charge in [-0.2, -0.15) is 0 Å². The van der Waals surface area contributed by atoms with Gasteiger partial charge in [-0.3, -0.25) is 4.79 Å². The summed E-state index contributed by atoms with van der Waals surface area (Å²) in [6.45, 7) is 9.43. The molecule has 1 aliphatic heterocycles. The number of ether oxygens (including phenoxy) is 2. The van der Waals surface area contributed by atoms with Gasteiger partial charge in [-0.05, 0) is 42.7 Å². The number of benzene rings is 2. The Kier molecular flexibility index (Phi) is 4.39. The summed E-state index contributed by atoms with van der Waals surface area (Å²) in [5.41, 5.74) is 2.37. The van der Waals surface area contributed by atoms with E-state index in [4.69, 9.17) is 21.2 Å². The molecule has 0 spiro atoms. The van der Waals surface area contributed by atoms with Gasteiger partial charge in [-0.15, -0.1) is 0 Å². The van der Waals surface area contributed by atoms with Crippen molar-refractivity contribution in [3.63, 3.8) is 0 Å². The lowest BCUT2D eigenvalue weighted by atomic mass is 9.90.